The highest BCUT2D eigenvalue weighted by atomic mass is 16.5. The number of hydrogen-bond acceptors (Lipinski definition) is 3. The highest BCUT2D eigenvalue weighted by Gasteiger charge is 2.11. The van der Waals surface area contributed by atoms with Crippen LogP contribution in [0.2, 0.25) is 0 Å². The van der Waals surface area contributed by atoms with Gasteiger partial charge in [-0.1, -0.05) is 122 Å². The lowest BCUT2D eigenvalue weighted by Crippen LogP contribution is -2.16. The molecule has 0 aromatic rings. The quantitative estimate of drug-likeness (QED) is 0.0683. The van der Waals surface area contributed by atoms with E-state index in [1.54, 1.807) is 0 Å². The second-order valence-electron chi connectivity index (χ2n) is 10.3. The molecule has 0 radical (unpaired) electrons. The molecular weight excluding hydrogens is 448 g/mol. The normalized spacial score (nSPS) is 12.5. The van der Waals surface area contributed by atoms with E-state index in [1.807, 2.05) is 6.08 Å². The van der Waals surface area contributed by atoms with Crippen LogP contribution in [0, 0.1) is 0 Å². The predicted molar refractivity (Wildman–Crippen MR) is 153 cm³/mol. The minimum absolute atomic E-state index is 0.0819. The number of unbranched alkanes of at least 4 members (excludes halogenated alkanes) is 16. The summed E-state index contributed by atoms with van der Waals surface area (Å²) < 4.78 is 5.80. The average molecular weight is 507 g/mol. The van der Waals surface area contributed by atoms with Gasteiger partial charge in [-0.25, -0.2) is 0 Å². The van der Waals surface area contributed by atoms with Gasteiger partial charge in [0.15, 0.2) is 0 Å². The molecule has 1 atom stereocenters. The number of aliphatic carboxylic acids is 1. The molecule has 4 nitrogen and oxygen atoms in total. The third-order valence-electron chi connectivity index (χ3n) is 6.66. The summed E-state index contributed by atoms with van der Waals surface area (Å²) >= 11 is 0. The Hall–Kier alpha value is -1.58. The van der Waals surface area contributed by atoms with Gasteiger partial charge in [0.05, 0.1) is 0 Å². The Kier molecular flexibility index (Phi) is 26.8. The molecule has 210 valence electrons. The van der Waals surface area contributed by atoms with E-state index in [1.165, 1.54) is 77.0 Å². The molecule has 0 aliphatic rings. The van der Waals surface area contributed by atoms with Gasteiger partial charge in [0.25, 0.3) is 0 Å². The van der Waals surface area contributed by atoms with Crippen LogP contribution in [-0.4, -0.2) is 23.1 Å². The first-order valence-corrected chi connectivity index (χ1v) is 15.3. The Morgan fingerprint density at radius 1 is 0.639 bits per heavy atom. The van der Waals surface area contributed by atoms with Crippen LogP contribution < -0.4 is 0 Å². The SMILES string of the molecule is CCCCC/C=C\C/C=C\C(CCCCCCC(=O)O)OC(=O)CCCCCCCCCCCCC. The van der Waals surface area contributed by atoms with Crippen LogP contribution in [0.4, 0.5) is 0 Å². The zero-order valence-electron chi connectivity index (χ0n) is 23.8. The van der Waals surface area contributed by atoms with E-state index >= 15 is 0 Å². The van der Waals surface area contributed by atoms with Gasteiger partial charge in [-0.15, -0.1) is 0 Å². The van der Waals surface area contributed by atoms with Crippen molar-refractivity contribution in [2.45, 2.75) is 168 Å². The van der Waals surface area contributed by atoms with Crippen molar-refractivity contribution in [3.63, 3.8) is 0 Å². The number of allylic oxidation sites excluding steroid dienone is 3. The van der Waals surface area contributed by atoms with Gasteiger partial charge in [0.1, 0.15) is 6.10 Å². The van der Waals surface area contributed by atoms with Crippen LogP contribution in [-0.2, 0) is 14.3 Å². The fourth-order valence-electron chi connectivity index (χ4n) is 4.37. The summed E-state index contributed by atoms with van der Waals surface area (Å²) in [6.45, 7) is 4.48. The lowest BCUT2D eigenvalue weighted by Gasteiger charge is -2.14. The van der Waals surface area contributed by atoms with Gasteiger partial charge in [-0.2, -0.15) is 0 Å². The Bertz CT molecular complexity index is 552. The van der Waals surface area contributed by atoms with Gasteiger partial charge in [-0.3, -0.25) is 9.59 Å². The zero-order valence-corrected chi connectivity index (χ0v) is 23.8. The molecule has 0 spiro atoms. The largest absolute Gasteiger partial charge is 0.481 e. The first kappa shape index (κ1) is 34.4. The molecule has 0 heterocycles. The maximum absolute atomic E-state index is 12.4. The highest BCUT2D eigenvalue weighted by molar-refractivity contribution is 5.69. The summed E-state index contributed by atoms with van der Waals surface area (Å²) in [5, 5.41) is 8.77. The van der Waals surface area contributed by atoms with E-state index in [0.29, 0.717) is 6.42 Å². The molecule has 0 aliphatic heterocycles. The van der Waals surface area contributed by atoms with Gasteiger partial charge in [0, 0.05) is 12.8 Å². The van der Waals surface area contributed by atoms with Crippen molar-refractivity contribution in [2.75, 3.05) is 0 Å². The minimum Gasteiger partial charge on any atom is -0.481 e. The van der Waals surface area contributed by atoms with Crippen LogP contribution in [0.5, 0.6) is 0 Å². The Morgan fingerprint density at radius 2 is 1.17 bits per heavy atom. The second kappa shape index (κ2) is 28.0. The maximum Gasteiger partial charge on any atom is 0.306 e. The molecule has 0 fully saturated rings. The maximum atomic E-state index is 12.4. The lowest BCUT2D eigenvalue weighted by atomic mass is 10.1. The molecule has 0 bridgehead atoms. The molecule has 1 N–H and O–H groups in total. The van der Waals surface area contributed by atoms with Crippen molar-refractivity contribution < 1.29 is 19.4 Å². The van der Waals surface area contributed by atoms with Crippen LogP contribution in [0.25, 0.3) is 0 Å². The summed E-state index contributed by atoms with van der Waals surface area (Å²) in [5.41, 5.74) is 0. The zero-order chi connectivity index (χ0) is 26.5. The van der Waals surface area contributed by atoms with E-state index in [0.717, 1.165) is 57.8 Å². The lowest BCUT2D eigenvalue weighted by molar-refractivity contribution is -0.147. The third kappa shape index (κ3) is 27.0. The first-order chi connectivity index (χ1) is 17.6. The van der Waals surface area contributed by atoms with E-state index < -0.39 is 5.97 Å². The predicted octanol–water partition coefficient (Wildman–Crippen LogP) is 10.1. The summed E-state index contributed by atoms with van der Waals surface area (Å²) in [7, 11) is 0. The Labute approximate surface area is 223 Å². The van der Waals surface area contributed by atoms with Crippen LogP contribution in [0.1, 0.15) is 162 Å². The first-order valence-electron chi connectivity index (χ1n) is 15.3. The molecule has 0 saturated carbocycles. The van der Waals surface area contributed by atoms with Crippen molar-refractivity contribution >= 4 is 11.9 Å². The van der Waals surface area contributed by atoms with E-state index in [9.17, 15) is 9.59 Å². The summed E-state index contributed by atoms with van der Waals surface area (Å²) in [4.78, 5) is 23.1. The van der Waals surface area contributed by atoms with Crippen LogP contribution in [0.3, 0.4) is 0 Å². The monoisotopic (exact) mass is 506 g/mol. The van der Waals surface area contributed by atoms with Gasteiger partial charge >= 0.3 is 11.9 Å². The summed E-state index contributed by atoms with van der Waals surface area (Å²) in [5.74, 6) is -0.809. The molecule has 36 heavy (non-hydrogen) atoms. The number of hydrogen-bond donors (Lipinski definition) is 1. The molecule has 1 unspecified atom stereocenters. The molecule has 0 saturated heterocycles. The fraction of sp³-hybridized carbons (Fsp3) is 0.812. The number of esters is 1. The van der Waals surface area contributed by atoms with E-state index in [-0.39, 0.29) is 18.5 Å². The van der Waals surface area contributed by atoms with E-state index in [4.69, 9.17) is 9.84 Å². The van der Waals surface area contributed by atoms with Gasteiger partial charge in [0.2, 0.25) is 0 Å². The molecular formula is C32H58O4. The number of carbonyl (C=O) groups is 2. The van der Waals surface area contributed by atoms with Gasteiger partial charge < -0.3 is 9.84 Å². The van der Waals surface area contributed by atoms with Crippen LogP contribution in [0.15, 0.2) is 24.3 Å². The van der Waals surface area contributed by atoms with Crippen molar-refractivity contribution in [2.24, 2.45) is 0 Å². The van der Waals surface area contributed by atoms with Crippen molar-refractivity contribution in [1.82, 2.24) is 0 Å². The van der Waals surface area contributed by atoms with Crippen LogP contribution >= 0.6 is 0 Å². The number of ether oxygens (including phenoxy) is 1. The smallest absolute Gasteiger partial charge is 0.306 e. The Morgan fingerprint density at radius 3 is 1.78 bits per heavy atom. The highest BCUT2D eigenvalue weighted by Crippen LogP contribution is 2.15. The average Bonchev–Trinajstić information content (AvgIpc) is 2.85. The Balaban J connectivity index is 4.14. The molecule has 0 aromatic carbocycles. The van der Waals surface area contributed by atoms with Gasteiger partial charge in [-0.05, 0) is 51.0 Å². The molecule has 0 rings (SSSR count). The molecule has 0 aromatic heterocycles. The second-order valence-corrected chi connectivity index (χ2v) is 10.3. The number of carboxylic acids is 1. The number of carboxylic acid groups (broad SMARTS) is 1. The summed E-state index contributed by atoms with van der Waals surface area (Å²) in [6.07, 6.45) is 33.4. The standard InChI is InChI=1S/C32H58O4/c1-3-5-7-9-11-13-14-15-17-19-25-29-32(35)36-30(27-23-20-21-24-28-31(33)34)26-22-18-16-12-10-8-6-4-2/h12,16,22,26,30H,3-11,13-15,17-21,23-25,27-29H2,1-2H3,(H,33,34)/b16-12-,26-22-. The number of rotatable bonds is 27. The third-order valence-corrected chi connectivity index (χ3v) is 6.66. The molecule has 4 heteroatoms. The number of carbonyl (C=O) groups excluding carboxylic acids is 1. The molecule has 0 aliphatic carbocycles. The minimum atomic E-state index is -0.727. The topological polar surface area (TPSA) is 63.6 Å². The van der Waals surface area contributed by atoms with Crippen molar-refractivity contribution in [1.29, 1.82) is 0 Å². The van der Waals surface area contributed by atoms with Crippen molar-refractivity contribution in [3.05, 3.63) is 24.3 Å². The summed E-state index contributed by atoms with van der Waals surface area (Å²) in [6, 6.07) is 0. The molecule has 0 amide bonds. The van der Waals surface area contributed by atoms with E-state index in [2.05, 4.69) is 32.1 Å². The van der Waals surface area contributed by atoms with Crippen molar-refractivity contribution in [3.8, 4) is 0 Å². The fourth-order valence-corrected chi connectivity index (χ4v) is 4.37.